The van der Waals surface area contributed by atoms with Gasteiger partial charge in [-0.3, -0.25) is 4.79 Å². The van der Waals surface area contributed by atoms with E-state index in [2.05, 4.69) is 16.3 Å². The van der Waals surface area contributed by atoms with Crippen LogP contribution < -0.4 is 15.0 Å². The number of nitrogens with one attached hydrogen (secondary N) is 1. The maximum Gasteiger partial charge on any atom is 0.255 e. The van der Waals surface area contributed by atoms with Crippen LogP contribution in [0.1, 0.15) is 29.6 Å². The van der Waals surface area contributed by atoms with Gasteiger partial charge in [-0.15, -0.1) is 0 Å². The quantitative estimate of drug-likeness (QED) is 0.930. The number of para-hydroxylation sites is 2. The standard InChI is InChI=1S/C19H22N2O2/c1-23-16-9-7-8-15(14-16)19(22)20-17-10-3-4-11-18(17)21-12-5-2-6-13-21/h3-4,7-11,14H,2,5-6,12-13H2,1H3,(H,20,22). The first-order chi connectivity index (χ1) is 11.3. The van der Waals surface area contributed by atoms with Gasteiger partial charge in [-0.05, 0) is 49.6 Å². The van der Waals surface area contributed by atoms with E-state index in [0.29, 0.717) is 11.3 Å². The highest BCUT2D eigenvalue weighted by Crippen LogP contribution is 2.28. The third-order valence-electron chi connectivity index (χ3n) is 4.18. The van der Waals surface area contributed by atoms with E-state index in [-0.39, 0.29) is 5.91 Å². The van der Waals surface area contributed by atoms with Crippen molar-refractivity contribution < 1.29 is 9.53 Å². The van der Waals surface area contributed by atoms with Crippen molar-refractivity contribution in [1.82, 2.24) is 0 Å². The lowest BCUT2D eigenvalue weighted by Gasteiger charge is -2.30. The van der Waals surface area contributed by atoms with Crippen LogP contribution in [0.15, 0.2) is 48.5 Å². The van der Waals surface area contributed by atoms with Crippen LogP contribution in [0.2, 0.25) is 0 Å². The van der Waals surface area contributed by atoms with Crippen LogP contribution in [0.25, 0.3) is 0 Å². The third-order valence-corrected chi connectivity index (χ3v) is 4.18. The summed E-state index contributed by atoms with van der Waals surface area (Å²) >= 11 is 0. The Bertz CT molecular complexity index is 679. The second kappa shape index (κ2) is 7.18. The summed E-state index contributed by atoms with van der Waals surface area (Å²) in [5, 5.41) is 3.04. The molecule has 1 aliphatic rings. The molecule has 4 nitrogen and oxygen atoms in total. The minimum atomic E-state index is -0.117. The van der Waals surface area contributed by atoms with E-state index in [1.165, 1.54) is 19.3 Å². The highest BCUT2D eigenvalue weighted by Gasteiger charge is 2.16. The summed E-state index contributed by atoms with van der Waals surface area (Å²) in [6.07, 6.45) is 3.70. The van der Waals surface area contributed by atoms with Gasteiger partial charge in [0.1, 0.15) is 5.75 Å². The molecule has 0 saturated carbocycles. The lowest BCUT2D eigenvalue weighted by Crippen LogP contribution is -2.30. The highest BCUT2D eigenvalue weighted by molar-refractivity contribution is 6.06. The molecule has 1 N–H and O–H groups in total. The topological polar surface area (TPSA) is 41.6 Å². The number of carbonyl (C=O) groups excluding carboxylic acids is 1. The number of carbonyl (C=O) groups is 1. The monoisotopic (exact) mass is 310 g/mol. The average Bonchev–Trinajstić information content (AvgIpc) is 2.63. The molecule has 1 fully saturated rings. The Kier molecular flexibility index (Phi) is 4.81. The van der Waals surface area contributed by atoms with E-state index in [9.17, 15) is 4.79 Å². The molecule has 0 radical (unpaired) electrons. The molecule has 0 unspecified atom stereocenters. The minimum Gasteiger partial charge on any atom is -0.497 e. The number of ether oxygens (including phenoxy) is 1. The van der Waals surface area contributed by atoms with E-state index >= 15 is 0 Å². The highest BCUT2D eigenvalue weighted by atomic mass is 16.5. The predicted molar refractivity (Wildman–Crippen MR) is 93.5 cm³/mol. The maximum atomic E-state index is 12.5. The largest absolute Gasteiger partial charge is 0.497 e. The number of anilines is 2. The number of benzene rings is 2. The number of piperidine rings is 1. The van der Waals surface area contributed by atoms with Crippen molar-refractivity contribution in [2.75, 3.05) is 30.4 Å². The van der Waals surface area contributed by atoms with Crippen molar-refractivity contribution in [3.8, 4) is 5.75 Å². The smallest absolute Gasteiger partial charge is 0.255 e. The molecule has 0 atom stereocenters. The Labute approximate surface area is 137 Å². The second-order valence-corrected chi connectivity index (χ2v) is 5.75. The van der Waals surface area contributed by atoms with Gasteiger partial charge in [0, 0.05) is 18.7 Å². The first kappa shape index (κ1) is 15.4. The Morgan fingerprint density at radius 1 is 1.04 bits per heavy atom. The summed E-state index contributed by atoms with van der Waals surface area (Å²) in [4.78, 5) is 14.9. The predicted octanol–water partition coefficient (Wildman–Crippen LogP) is 3.94. The zero-order valence-corrected chi connectivity index (χ0v) is 13.4. The van der Waals surface area contributed by atoms with Gasteiger partial charge in [0.05, 0.1) is 18.5 Å². The zero-order chi connectivity index (χ0) is 16.1. The summed E-state index contributed by atoms with van der Waals surface area (Å²) in [6.45, 7) is 2.10. The van der Waals surface area contributed by atoms with Crippen LogP contribution in [0.4, 0.5) is 11.4 Å². The van der Waals surface area contributed by atoms with Gasteiger partial charge in [-0.1, -0.05) is 18.2 Å². The van der Waals surface area contributed by atoms with Crippen molar-refractivity contribution in [2.45, 2.75) is 19.3 Å². The number of rotatable bonds is 4. The molecule has 2 aromatic carbocycles. The van der Waals surface area contributed by atoms with Crippen molar-refractivity contribution in [2.24, 2.45) is 0 Å². The van der Waals surface area contributed by atoms with Crippen molar-refractivity contribution in [3.63, 3.8) is 0 Å². The van der Waals surface area contributed by atoms with Crippen molar-refractivity contribution >= 4 is 17.3 Å². The minimum absolute atomic E-state index is 0.117. The Morgan fingerprint density at radius 2 is 1.83 bits per heavy atom. The molecule has 2 aromatic rings. The molecule has 1 heterocycles. The summed E-state index contributed by atoms with van der Waals surface area (Å²) in [5.41, 5.74) is 2.56. The molecule has 0 bridgehead atoms. The first-order valence-electron chi connectivity index (χ1n) is 8.07. The molecule has 23 heavy (non-hydrogen) atoms. The summed E-state index contributed by atoms with van der Waals surface area (Å²) in [5.74, 6) is 0.565. The van der Waals surface area contributed by atoms with Crippen LogP contribution in [0, 0.1) is 0 Å². The molecule has 0 aliphatic carbocycles. The Hall–Kier alpha value is -2.49. The molecule has 1 aliphatic heterocycles. The van der Waals surface area contributed by atoms with Crippen molar-refractivity contribution in [3.05, 3.63) is 54.1 Å². The number of amides is 1. The summed E-state index contributed by atoms with van der Waals surface area (Å²) < 4.78 is 5.19. The zero-order valence-electron chi connectivity index (χ0n) is 13.4. The van der Waals surface area contributed by atoms with Crippen LogP contribution in [-0.4, -0.2) is 26.1 Å². The van der Waals surface area contributed by atoms with Crippen LogP contribution in [0.5, 0.6) is 5.75 Å². The second-order valence-electron chi connectivity index (χ2n) is 5.75. The van der Waals surface area contributed by atoms with E-state index in [1.54, 1.807) is 19.2 Å². The SMILES string of the molecule is COc1cccc(C(=O)Nc2ccccc2N2CCCCC2)c1. The Balaban J connectivity index is 1.80. The van der Waals surface area contributed by atoms with E-state index < -0.39 is 0 Å². The van der Waals surface area contributed by atoms with Gasteiger partial charge in [0.15, 0.2) is 0 Å². The fraction of sp³-hybridized carbons (Fsp3) is 0.316. The molecule has 120 valence electrons. The molecule has 3 rings (SSSR count). The number of nitrogens with zero attached hydrogens (tertiary/aromatic N) is 1. The summed E-state index contributed by atoms with van der Waals surface area (Å²) in [7, 11) is 1.60. The Morgan fingerprint density at radius 3 is 2.61 bits per heavy atom. The number of hydrogen-bond acceptors (Lipinski definition) is 3. The van der Waals surface area contributed by atoms with Gasteiger partial charge < -0.3 is 15.0 Å². The summed E-state index contributed by atoms with van der Waals surface area (Å²) in [6, 6.07) is 15.2. The van der Waals surface area contributed by atoms with Gasteiger partial charge >= 0.3 is 0 Å². The third kappa shape index (κ3) is 3.65. The van der Waals surface area contributed by atoms with E-state index in [1.807, 2.05) is 30.3 Å². The lowest BCUT2D eigenvalue weighted by molar-refractivity contribution is 0.102. The molecule has 1 saturated heterocycles. The molecular formula is C19H22N2O2. The molecule has 4 heteroatoms. The van der Waals surface area contributed by atoms with Gasteiger partial charge in [-0.2, -0.15) is 0 Å². The molecule has 0 spiro atoms. The molecular weight excluding hydrogens is 288 g/mol. The molecule has 0 aromatic heterocycles. The first-order valence-corrected chi connectivity index (χ1v) is 8.07. The van der Waals surface area contributed by atoms with E-state index in [4.69, 9.17) is 4.74 Å². The fourth-order valence-corrected chi connectivity index (χ4v) is 2.95. The van der Waals surface area contributed by atoms with Gasteiger partial charge in [-0.25, -0.2) is 0 Å². The normalized spacial score (nSPS) is 14.4. The van der Waals surface area contributed by atoms with Crippen molar-refractivity contribution in [1.29, 1.82) is 0 Å². The maximum absolute atomic E-state index is 12.5. The van der Waals surface area contributed by atoms with E-state index in [0.717, 1.165) is 24.5 Å². The average molecular weight is 310 g/mol. The van der Waals surface area contributed by atoms with Crippen LogP contribution >= 0.6 is 0 Å². The lowest BCUT2D eigenvalue weighted by atomic mass is 10.1. The van der Waals surface area contributed by atoms with Crippen LogP contribution in [-0.2, 0) is 0 Å². The fourth-order valence-electron chi connectivity index (χ4n) is 2.95. The van der Waals surface area contributed by atoms with Crippen LogP contribution in [0.3, 0.4) is 0 Å². The number of methoxy groups -OCH3 is 1. The van der Waals surface area contributed by atoms with Gasteiger partial charge in [0.2, 0.25) is 0 Å². The van der Waals surface area contributed by atoms with Gasteiger partial charge in [0.25, 0.3) is 5.91 Å². The molecule has 1 amide bonds. The number of hydrogen-bond donors (Lipinski definition) is 1.